The number of aromatic carboxylic acids is 1. The van der Waals surface area contributed by atoms with Gasteiger partial charge in [-0.3, -0.25) is 4.79 Å². The molecule has 0 aliphatic rings. The van der Waals surface area contributed by atoms with Crippen LogP contribution < -0.4 is 5.32 Å². The van der Waals surface area contributed by atoms with E-state index in [1.165, 1.54) is 12.1 Å². The molecule has 1 amide bonds. The van der Waals surface area contributed by atoms with E-state index in [1.807, 2.05) is 6.92 Å². The summed E-state index contributed by atoms with van der Waals surface area (Å²) >= 11 is 9.25. The quantitative estimate of drug-likeness (QED) is 0.846. The smallest absolute Gasteiger partial charge is 0.335 e. The van der Waals surface area contributed by atoms with Crippen LogP contribution in [0.2, 0.25) is 5.02 Å². The van der Waals surface area contributed by atoms with E-state index in [0.717, 1.165) is 5.56 Å². The Morgan fingerprint density at radius 3 is 2.52 bits per heavy atom. The van der Waals surface area contributed by atoms with Gasteiger partial charge in [-0.15, -0.1) is 0 Å². The zero-order valence-corrected chi connectivity index (χ0v) is 13.3. The van der Waals surface area contributed by atoms with E-state index in [-0.39, 0.29) is 5.56 Å². The molecule has 2 aromatic rings. The highest BCUT2D eigenvalue weighted by Gasteiger charge is 2.12. The van der Waals surface area contributed by atoms with Crippen molar-refractivity contribution in [1.29, 1.82) is 0 Å². The first kappa shape index (κ1) is 15.5. The van der Waals surface area contributed by atoms with Crippen LogP contribution in [0.5, 0.6) is 0 Å². The number of carbonyl (C=O) groups excluding carboxylic acids is 1. The van der Waals surface area contributed by atoms with Gasteiger partial charge < -0.3 is 10.4 Å². The molecule has 108 valence electrons. The molecule has 2 N–H and O–H groups in total. The van der Waals surface area contributed by atoms with Gasteiger partial charge in [0.2, 0.25) is 0 Å². The predicted molar refractivity (Wildman–Crippen MR) is 85.2 cm³/mol. The fourth-order valence-corrected chi connectivity index (χ4v) is 2.60. The molecule has 2 rings (SSSR count). The van der Waals surface area contributed by atoms with Crippen LogP contribution in [0.1, 0.15) is 26.3 Å². The molecular weight excluding hydrogens is 358 g/mol. The van der Waals surface area contributed by atoms with E-state index in [0.29, 0.717) is 20.7 Å². The van der Waals surface area contributed by atoms with E-state index in [1.54, 1.807) is 24.3 Å². The molecule has 0 atom stereocenters. The lowest BCUT2D eigenvalue weighted by Gasteiger charge is -2.09. The minimum absolute atomic E-state index is 0.0784. The molecule has 0 saturated heterocycles. The van der Waals surface area contributed by atoms with Crippen LogP contribution in [0.3, 0.4) is 0 Å². The van der Waals surface area contributed by atoms with Crippen molar-refractivity contribution in [3.8, 4) is 0 Å². The minimum Gasteiger partial charge on any atom is -0.478 e. The highest BCUT2D eigenvalue weighted by molar-refractivity contribution is 9.10. The van der Waals surface area contributed by atoms with Crippen molar-refractivity contribution in [2.24, 2.45) is 0 Å². The lowest BCUT2D eigenvalue weighted by atomic mass is 10.1. The maximum Gasteiger partial charge on any atom is 0.335 e. The molecule has 0 aliphatic heterocycles. The van der Waals surface area contributed by atoms with Crippen molar-refractivity contribution in [3.05, 3.63) is 62.6 Å². The van der Waals surface area contributed by atoms with E-state index < -0.39 is 11.9 Å². The number of benzene rings is 2. The van der Waals surface area contributed by atoms with E-state index in [9.17, 15) is 9.59 Å². The maximum absolute atomic E-state index is 12.2. The molecule has 0 saturated carbocycles. The Balaban J connectivity index is 2.29. The van der Waals surface area contributed by atoms with Gasteiger partial charge in [-0.1, -0.05) is 33.6 Å². The molecule has 0 fully saturated rings. The highest BCUT2D eigenvalue weighted by atomic mass is 79.9. The Hall–Kier alpha value is -1.85. The van der Waals surface area contributed by atoms with Crippen LogP contribution in [0.4, 0.5) is 5.69 Å². The van der Waals surface area contributed by atoms with E-state index in [2.05, 4.69) is 21.2 Å². The number of anilines is 1. The van der Waals surface area contributed by atoms with Gasteiger partial charge in [-0.25, -0.2) is 4.79 Å². The summed E-state index contributed by atoms with van der Waals surface area (Å²) in [5, 5.41) is 12.0. The topological polar surface area (TPSA) is 66.4 Å². The number of aryl methyl sites for hydroxylation is 1. The van der Waals surface area contributed by atoms with Crippen molar-refractivity contribution in [3.63, 3.8) is 0 Å². The van der Waals surface area contributed by atoms with Crippen molar-refractivity contribution in [2.75, 3.05) is 5.32 Å². The molecule has 0 heterocycles. The molecule has 6 heteroatoms. The van der Waals surface area contributed by atoms with Crippen LogP contribution in [-0.4, -0.2) is 17.0 Å². The number of halogens is 2. The fraction of sp³-hybridized carbons (Fsp3) is 0.0667. The van der Waals surface area contributed by atoms with Crippen LogP contribution in [0.15, 0.2) is 40.9 Å². The monoisotopic (exact) mass is 367 g/mol. The second-order valence-electron chi connectivity index (χ2n) is 4.47. The summed E-state index contributed by atoms with van der Waals surface area (Å²) in [5.74, 6) is -1.46. The summed E-state index contributed by atoms with van der Waals surface area (Å²) in [6, 6.07) is 9.56. The molecule has 4 nitrogen and oxygen atoms in total. The van der Waals surface area contributed by atoms with Crippen LogP contribution in [0.25, 0.3) is 0 Å². The molecule has 0 aromatic heterocycles. The SMILES string of the molecule is Cc1ccc(C(=O)Nc2cc(Br)cc(C(=O)O)c2)c(Cl)c1. The molecule has 21 heavy (non-hydrogen) atoms. The van der Waals surface area contributed by atoms with Gasteiger partial charge >= 0.3 is 5.97 Å². The van der Waals surface area contributed by atoms with Crippen molar-refractivity contribution in [2.45, 2.75) is 6.92 Å². The number of hydrogen-bond donors (Lipinski definition) is 2. The van der Waals surface area contributed by atoms with Crippen LogP contribution >= 0.6 is 27.5 Å². The summed E-state index contributed by atoms with van der Waals surface area (Å²) in [5.41, 5.74) is 1.74. The van der Waals surface area contributed by atoms with Gasteiger partial charge in [0.05, 0.1) is 16.1 Å². The molecule has 0 unspecified atom stereocenters. The highest BCUT2D eigenvalue weighted by Crippen LogP contribution is 2.22. The third-order valence-electron chi connectivity index (χ3n) is 2.77. The zero-order chi connectivity index (χ0) is 15.6. The molecule has 0 radical (unpaired) electrons. The van der Waals surface area contributed by atoms with Gasteiger partial charge in [-0.2, -0.15) is 0 Å². The van der Waals surface area contributed by atoms with Crippen molar-refractivity contribution >= 4 is 45.1 Å². The number of hydrogen-bond acceptors (Lipinski definition) is 2. The third kappa shape index (κ3) is 3.83. The molecule has 0 bridgehead atoms. The number of carboxylic acids is 1. The first-order chi connectivity index (χ1) is 9.86. The normalized spacial score (nSPS) is 10.2. The standard InChI is InChI=1S/C15H11BrClNO3/c1-8-2-3-12(13(17)4-8)14(19)18-11-6-9(15(20)21)5-10(16)7-11/h2-7H,1H3,(H,18,19)(H,20,21). The van der Waals surface area contributed by atoms with E-state index in [4.69, 9.17) is 16.7 Å². The summed E-state index contributed by atoms with van der Waals surface area (Å²) in [6.07, 6.45) is 0. The van der Waals surface area contributed by atoms with Gasteiger partial charge in [-0.05, 0) is 42.8 Å². The van der Waals surface area contributed by atoms with Crippen LogP contribution in [-0.2, 0) is 0 Å². The first-order valence-electron chi connectivity index (χ1n) is 5.98. The largest absolute Gasteiger partial charge is 0.478 e. The average molecular weight is 369 g/mol. The molecule has 0 spiro atoms. The second kappa shape index (κ2) is 6.28. The second-order valence-corrected chi connectivity index (χ2v) is 5.79. The molecule has 2 aromatic carbocycles. The average Bonchev–Trinajstić information content (AvgIpc) is 2.37. The summed E-state index contributed by atoms with van der Waals surface area (Å²) < 4.78 is 0.563. The van der Waals surface area contributed by atoms with Gasteiger partial charge in [0, 0.05) is 10.2 Å². The Morgan fingerprint density at radius 2 is 1.90 bits per heavy atom. The van der Waals surface area contributed by atoms with Crippen LogP contribution in [0, 0.1) is 6.92 Å². The van der Waals surface area contributed by atoms with Crippen molar-refractivity contribution in [1.82, 2.24) is 0 Å². The lowest BCUT2D eigenvalue weighted by molar-refractivity contribution is 0.0696. The summed E-state index contributed by atoms with van der Waals surface area (Å²) in [4.78, 5) is 23.2. The number of carbonyl (C=O) groups is 2. The lowest BCUT2D eigenvalue weighted by Crippen LogP contribution is -2.13. The summed E-state index contributed by atoms with van der Waals surface area (Å²) in [6.45, 7) is 1.88. The number of amides is 1. The van der Waals surface area contributed by atoms with Gasteiger partial charge in [0.1, 0.15) is 0 Å². The van der Waals surface area contributed by atoms with Gasteiger partial charge in [0.15, 0.2) is 0 Å². The number of rotatable bonds is 3. The van der Waals surface area contributed by atoms with Crippen molar-refractivity contribution < 1.29 is 14.7 Å². The maximum atomic E-state index is 12.2. The Morgan fingerprint density at radius 1 is 1.19 bits per heavy atom. The minimum atomic E-state index is -1.07. The van der Waals surface area contributed by atoms with E-state index >= 15 is 0 Å². The van der Waals surface area contributed by atoms with Gasteiger partial charge in [0.25, 0.3) is 5.91 Å². The fourth-order valence-electron chi connectivity index (χ4n) is 1.79. The predicted octanol–water partition coefficient (Wildman–Crippen LogP) is 4.36. The zero-order valence-electron chi connectivity index (χ0n) is 11.0. The Labute approximate surface area is 134 Å². The summed E-state index contributed by atoms with van der Waals surface area (Å²) in [7, 11) is 0. The Bertz CT molecular complexity index is 731. The molecular formula is C15H11BrClNO3. The molecule has 0 aliphatic carbocycles. The first-order valence-corrected chi connectivity index (χ1v) is 7.15. The number of nitrogens with one attached hydrogen (secondary N) is 1. The third-order valence-corrected chi connectivity index (χ3v) is 3.54. The Kier molecular flexibility index (Phi) is 4.65. The number of carboxylic acid groups (broad SMARTS) is 1.